The van der Waals surface area contributed by atoms with Gasteiger partial charge in [0.15, 0.2) is 0 Å². The Balaban J connectivity index is -0.0000000380. The molecule has 0 unspecified atom stereocenters. The van der Waals surface area contributed by atoms with Crippen LogP contribution < -0.4 is 0 Å². The molecule has 0 N–H and O–H groups in total. The summed E-state index contributed by atoms with van der Waals surface area (Å²) in [6, 6.07) is 0. The van der Waals surface area contributed by atoms with E-state index in [4.69, 9.17) is 0 Å². The Morgan fingerprint density at radius 2 is 0.917 bits per heavy atom. The summed E-state index contributed by atoms with van der Waals surface area (Å²) in [5.74, 6) is 0. The average molecular weight is 175 g/mol. The summed E-state index contributed by atoms with van der Waals surface area (Å²) in [6.45, 7) is 9.89. The molecule has 0 amide bonds. The fourth-order valence-corrected chi connectivity index (χ4v) is 0. The summed E-state index contributed by atoms with van der Waals surface area (Å²) in [4.78, 5) is 3.61. The number of rotatable bonds is 0. The standard InChI is InChI=1S/C3H7N.C2H6N2.2C2H6/c2*1-3-4-2;2*1-2/h3H,1-2H3;1-2H3;2*1-2H3. The smallest absolute Gasteiger partial charge is 0.0487 e. The zero-order valence-corrected chi connectivity index (χ0v) is 9.92. The van der Waals surface area contributed by atoms with Crippen molar-refractivity contribution in [2.45, 2.75) is 34.6 Å². The van der Waals surface area contributed by atoms with Crippen molar-refractivity contribution in [1.82, 2.24) is 0 Å². The van der Waals surface area contributed by atoms with Crippen LogP contribution in [0.5, 0.6) is 0 Å². The van der Waals surface area contributed by atoms with E-state index in [0.717, 1.165) is 0 Å². The quantitative estimate of drug-likeness (QED) is 0.399. The van der Waals surface area contributed by atoms with Crippen molar-refractivity contribution >= 4 is 6.21 Å². The number of nitrogens with zero attached hydrogens (tertiary/aromatic N) is 3. The van der Waals surface area contributed by atoms with E-state index in [1.807, 2.05) is 34.6 Å². The summed E-state index contributed by atoms with van der Waals surface area (Å²) in [6.07, 6.45) is 1.75. The normalized spacial score (nSPS) is 7.33. The highest BCUT2D eigenvalue weighted by atomic mass is 15.0. The van der Waals surface area contributed by atoms with Crippen molar-refractivity contribution < 1.29 is 0 Å². The fraction of sp³-hybridized carbons (Fsp3) is 0.889. The fourth-order valence-electron chi connectivity index (χ4n) is 0. The van der Waals surface area contributed by atoms with E-state index in [1.165, 1.54) is 0 Å². The second-order valence-corrected chi connectivity index (χ2v) is 0.916. The van der Waals surface area contributed by atoms with Crippen LogP contribution in [0.4, 0.5) is 0 Å². The molecule has 0 fully saturated rings. The molecular weight excluding hydrogens is 150 g/mol. The molecule has 0 saturated heterocycles. The monoisotopic (exact) mass is 175 g/mol. The van der Waals surface area contributed by atoms with Crippen LogP contribution in [0, 0.1) is 0 Å². The molecule has 0 aliphatic rings. The van der Waals surface area contributed by atoms with Crippen LogP contribution in [-0.2, 0) is 0 Å². The maximum absolute atomic E-state index is 3.61. The van der Waals surface area contributed by atoms with Gasteiger partial charge in [-0.25, -0.2) is 0 Å². The van der Waals surface area contributed by atoms with Crippen LogP contribution in [0.2, 0.25) is 0 Å². The number of azo groups is 1. The van der Waals surface area contributed by atoms with E-state index >= 15 is 0 Å². The third kappa shape index (κ3) is 393. The van der Waals surface area contributed by atoms with Crippen molar-refractivity contribution in [1.29, 1.82) is 0 Å². The van der Waals surface area contributed by atoms with Crippen LogP contribution in [0.15, 0.2) is 15.2 Å². The van der Waals surface area contributed by atoms with Crippen LogP contribution in [0.3, 0.4) is 0 Å². The Hall–Kier alpha value is -0.730. The van der Waals surface area contributed by atoms with Gasteiger partial charge in [0.05, 0.1) is 0 Å². The lowest BCUT2D eigenvalue weighted by atomic mass is 10.9. The lowest BCUT2D eigenvalue weighted by Gasteiger charge is -1.54. The van der Waals surface area contributed by atoms with Crippen LogP contribution in [0.25, 0.3) is 0 Å². The van der Waals surface area contributed by atoms with E-state index in [2.05, 4.69) is 15.2 Å². The summed E-state index contributed by atoms with van der Waals surface area (Å²) in [5.41, 5.74) is 0. The van der Waals surface area contributed by atoms with Gasteiger partial charge in [0.25, 0.3) is 0 Å². The van der Waals surface area contributed by atoms with Crippen LogP contribution in [-0.4, -0.2) is 27.4 Å². The zero-order valence-electron chi connectivity index (χ0n) is 9.92. The molecule has 76 valence electrons. The molecule has 0 atom stereocenters. The minimum absolute atomic E-state index is 1.64. The minimum Gasteiger partial charge on any atom is -0.301 e. The first-order valence-corrected chi connectivity index (χ1v) is 4.38. The first-order chi connectivity index (χ1) is 5.83. The highest BCUT2D eigenvalue weighted by Gasteiger charge is 1.32. The molecule has 0 spiro atoms. The third-order valence-electron chi connectivity index (χ3n) is 0.458. The first-order valence-electron chi connectivity index (χ1n) is 4.38. The van der Waals surface area contributed by atoms with Crippen LogP contribution in [0.1, 0.15) is 34.6 Å². The van der Waals surface area contributed by atoms with E-state index in [0.29, 0.717) is 0 Å². The lowest BCUT2D eigenvalue weighted by molar-refractivity contribution is 1.11. The number of hydrogen-bond acceptors (Lipinski definition) is 3. The molecular formula is C9H25N3. The van der Waals surface area contributed by atoms with Gasteiger partial charge in [0.1, 0.15) is 0 Å². The van der Waals surface area contributed by atoms with Gasteiger partial charge in [-0.3, -0.25) is 0 Å². The van der Waals surface area contributed by atoms with E-state index < -0.39 is 0 Å². The molecule has 0 heterocycles. The van der Waals surface area contributed by atoms with Gasteiger partial charge in [-0.2, -0.15) is 10.2 Å². The number of hydrogen-bond donors (Lipinski definition) is 0. The minimum atomic E-state index is 1.64. The molecule has 12 heavy (non-hydrogen) atoms. The zero-order chi connectivity index (χ0) is 10.8. The highest BCUT2D eigenvalue weighted by Crippen LogP contribution is 1.48. The van der Waals surface area contributed by atoms with E-state index in [9.17, 15) is 0 Å². The predicted molar refractivity (Wildman–Crippen MR) is 59.5 cm³/mol. The first kappa shape index (κ1) is 22.5. The average Bonchev–Trinajstić information content (AvgIpc) is 2.23. The lowest BCUT2D eigenvalue weighted by Crippen LogP contribution is -1.47. The van der Waals surface area contributed by atoms with Gasteiger partial charge >= 0.3 is 0 Å². The molecule has 0 radical (unpaired) electrons. The molecule has 0 aromatic carbocycles. The summed E-state index contributed by atoms with van der Waals surface area (Å²) in [7, 11) is 5.03. The molecule has 0 aliphatic carbocycles. The van der Waals surface area contributed by atoms with Gasteiger partial charge in [0, 0.05) is 21.1 Å². The molecule has 0 bridgehead atoms. The second kappa shape index (κ2) is 82.5. The molecule has 3 heteroatoms. The molecule has 0 aromatic rings. The predicted octanol–water partition coefficient (Wildman–Crippen LogP) is 3.46. The summed E-state index contributed by atoms with van der Waals surface area (Å²) < 4.78 is 0. The van der Waals surface area contributed by atoms with Crippen molar-refractivity contribution in [3.8, 4) is 0 Å². The van der Waals surface area contributed by atoms with Gasteiger partial charge in [-0.1, -0.05) is 27.7 Å². The molecule has 3 nitrogen and oxygen atoms in total. The van der Waals surface area contributed by atoms with Crippen molar-refractivity contribution in [2.24, 2.45) is 15.2 Å². The Bertz CT molecular complexity index is 50.2. The van der Waals surface area contributed by atoms with Crippen LogP contribution >= 0.6 is 0 Å². The van der Waals surface area contributed by atoms with Gasteiger partial charge in [-0.05, 0) is 13.1 Å². The summed E-state index contributed by atoms with van der Waals surface area (Å²) >= 11 is 0. The number of aliphatic imine (C=N–C) groups is 1. The van der Waals surface area contributed by atoms with Crippen molar-refractivity contribution in [3.63, 3.8) is 0 Å². The summed E-state index contributed by atoms with van der Waals surface area (Å²) in [5, 5.41) is 6.72. The van der Waals surface area contributed by atoms with E-state index in [-0.39, 0.29) is 0 Å². The third-order valence-corrected chi connectivity index (χ3v) is 0.458. The SMILES string of the molecule is CC.CC.CC=NC.CN=NC. The van der Waals surface area contributed by atoms with Crippen molar-refractivity contribution in [3.05, 3.63) is 0 Å². The Morgan fingerprint density at radius 1 is 0.750 bits per heavy atom. The molecule has 0 aromatic heterocycles. The maximum Gasteiger partial charge on any atom is 0.0487 e. The maximum atomic E-state index is 3.61. The molecule has 0 aliphatic heterocycles. The van der Waals surface area contributed by atoms with E-state index in [1.54, 1.807) is 27.4 Å². The Labute approximate surface area is 78.0 Å². The molecule has 0 rings (SSSR count). The molecule has 0 saturated carbocycles. The van der Waals surface area contributed by atoms with Gasteiger partial charge in [0.2, 0.25) is 0 Å². The van der Waals surface area contributed by atoms with Gasteiger partial charge in [-0.15, -0.1) is 0 Å². The highest BCUT2D eigenvalue weighted by molar-refractivity contribution is 5.52. The largest absolute Gasteiger partial charge is 0.301 e. The Morgan fingerprint density at radius 3 is 0.917 bits per heavy atom. The topological polar surface area (TPSA) is 37.1 Å². The van der Waals surface area contributed by atoms with Gasteiger partial charge < -0.3 is 4.99 Å². The van der Waals surface area contributed by atoms with Crippen molar-refractivity contribution in [2.75, 3.05) is 21.1 Å². The second-order valence-electron chi connectivity index (χ2n) is 0.916. The Kier molecular flexibility index (Phi) is 155.